The van der Waals surface area contributed by atoms with Gasteiger partial charge in [0.2, 0.25) is 0 Å². The fourth-order valence-electron chi connectivity index (χ4n) is 3.96. The van der Waals surface area contributed by atoms with Gasteiger partial charge in [0.1, 0.15) is 23.0 Å². The third kappa shape index (κ3) is 9.83. The van der Waals surface area contributed by atoms with Crippen molar-refractivity contribution in [3.63, 3.8) is 0 Å². The maximum atomic E-state index is 12.8. The van der Waals surface area contributed by atoms with E-state index in [1.165, 1.54) is 0 Å². The zero-order valence-electron chi connectivity index (χ0n) is 23.8. The third-order valence-electron chi connectivity index (χ3n) is 6.11. The molecule has 216 valence electrons. The van der Waals surface area contributed by atoms with E-state index in [1.807, 2.05) is 20.8 Å². The van der Waals surface area contributed by atoms with Gasteiger partial charge < -0.3 is 23.7 Å². The summed E-state index contributed by atoms with van der Waals surface area (Å²) in [6.07, 6.45) is 4.71. The average Bonchev–Trinajstić information content (AvgIpc) is 2.95. The van der Waals surface area contributed by atoms with Crippen molar-refractivity contribution in [1.29, 1.82) is 0 Å². The molecule has 0 aliphatic rings. The Morgan fingerprint density at radius 3 is 1.59 bits per heavy atom. The zero-order valence-corrected chi connectivity index (χ0v) is 23.8. The topological polar surface area (TPSA) is 97.4 Å². The Hall–Kier alpha value is -4.59. The first kappa shape index (κ1) is 30.9. The molecule has 0 saturated heterocycles. The van der Waals surface area contributed by atoms with Gasteiger partial charge in [-0.3, -0.25) is 0 Å². The van der Waals surface area contributed by atoms with E-state index in [2.05, 4.69) is 6.58 Å². The van der Waals surface area contributed by atoms with E-state index < -0.39 is 17.9 Å². The van der Waals surface area contributed by atoms with Gasteiger partial charge in [-0.15, -0.1) is 0 Å². The molecule has 3 aromatic carbocycles. The van der Waals surface area contributed by atoms with Gasteiger partial charge in [0.15, 0.2) is 0 Å². The number of carbonyl (C=O) groups is 3. The van der Waals surface area contributed by atoms with Gasteiger partial charge in [-0.1, -0.05) is 6.58 Å². The van der Waals surface area contributed by atoms with Crippen molar-refractivity contribution in [2.45, 2.75) is 46.5 Å². The predicted molar refractivity (Wildman–Crippen MR) is 155 cm³/mol. The first-order valence-electron chi connectivity index (χ1n) is 13.6. The van der Waals surface area contributed by atoms with Crippen molar-refractivity contribution in [3.05, 3.63) is 95.6 Å². The smallest absolute Gasteiger partial charge is 0.343 e. The lowest BCUT2D eigenvalue weighted by molar-refractivity contribution is -0.137. The SMILES string of the molecule is C=CC(=O)OCCCCCCOc1ccc(C(=O)Oc2ccc(OC(=O)c3ccc(OCC)cc3C)cc2)c(C)c1. The second kappa shape index (κ2) is 15.9. The molecule has 0 fully saturated rings. The zero-order chi connectivity index (χ0) is 29.6. The molecule has 8 heteroatoms. The lowest BCUT2D eigenvalue weighted by Gasteiger charge is -2.11. The van der Waals surface area contributed by atoms with Gasteiger partial charge >= 0.3 is 17.9 Å². The molecular weight excluding hydrogens is 524 g/mol. The van der Waals surface area contributed by atoms with Gasteiger partial charge in [-0.25, -0.2) is 14.4 Å². The van der Waals surface area contributed by atoms with E-state index in [0.29, 0.717) is 53.9 Å². The van der Waals surface area contributed by atoms with Crippen molar-refractivity contribution in [3.8, 4) is 23.0 Å². The number of esters is 3. The maximum Gasteiger partial charge on any atom is 0.343 e. The minimum absolute atomic E-state index is 0.325. The molecule has 8 nitrogen and oxygen atoms in total. The van der Waals surface area contributed by atoms with Gasteiger partial charge in [0.25, 0.3) is 0 Å². The van der Waals surface area contributed by atoms with Crippen LogP contribution in [0.2, 0.25) is 0 Å². The van der Waals surface area contributed by atoms with E-state index in [4.69, 9.17) is 23.7 Å². The minimum Gasteiger partial charge on any atom is -0.494 e. The van der Waals surface area contributed by atoms with Gasteiger partial charge in [-0.05, 0) is 118 Å². The molecule has 3 rings (SSSR count). The molecule has 0 heterocycles. The van der Waals surface area contributed by atoms with Crippen LogP contribution in [0.25, 0.3) is 0 Å². The van der Waals surface area contributed by atoms with E-state index in [1.54, 1.807) is 60.7 Å². The number of hydrogen-bond donors (Lipinski definition) is 0. The van der Waals surface area contributed by atoms with E-state index in [-0.39, 0.29) is 0 Å². The number of carbonyl (C=O) groups excluding carboxylic acids is 3. The van der Waals surface area contributed by atoms with Gasteiger partial charge in [0, 0.05) is 6.08 Å². The highest BCUT2D eigenvalue weighted by molar-refractivity contribution is 5.93. The number of rotatable bonds is 15. The number of benzene rings is 3. The van der Waals surface area contributed by atoms with Crippen molar-refractivity contribution in [2.75, 3.05) is 19.8 Å². The van der Waals surface area contributed by atoms with Crippen LogP contribution in [-0.2, 0) is 9.53 Å². The van der Waals surface area contributed by atoms with Crippen molar-refractivity contribution >= 4 is 17.9 Å². The van der Waals surface area contributed by atoms with Crippen LogP contribution in [-0.4, -0.2) is 37.7 Å². The van der Waals surface area contributed by atoms with Gasteiger partial charge in [-0.2, -0.15) is 0 Å². The number of unbranched alkanes of at least 4 members (excludes halogenated alkanes) is 3. The van der Waals surface area contributed by atoms with Crippen LogP contribution >= 0.6 is 0 Å². The van der Waals surface area contributed by atoms with Crippen molar-refractivity contribution in [2.24, 2.45) is 0 Å². The normalized spacial score (nSPS) is 10.4. The molecule has 0 saturated carbocycles. The summed E-state index contributed by atoms with van der Waals surface area (Å²) in [7, 11) is 0. The molecule has 0 aromatic heterocycles. The van der Waals surface area contributed by atoms with Crippen molar-refractivity contribution < 1.29 is 38.1 Å². The molecule has 0 unspecified atom stereocenters. The Labute approximate surface area is 240 Å². The fraction of sp³-hybridized carbons (Fsp3) is 0.303. The molecule has 0 bridgehead atoms. The highest BCUT2D eigenvalue weighted by Crippen LogP contribution is 2.24. The molecule has 0 aliphatic heterocycles. The summed E-state index contributed by atoms with van der Waals surface area (Å²) in [5, 5.41) is 0. The number of aryl methyl sites for hydroxylation is 2. The van der Waals surface area contributed by atoms with Crippen LogP contribution in [0.1, 0.15) is 64.4 Å². The van der Waals surface area contributed by atoms with Crippen LogP contribution in [0.3, 0.4) is 0 Å². The Kier molecular flexibility index (Phi) is 12.0. The molecule has 41 heavy (non-hydrogen) atoms. The predicted octanol–water partition coefficient (Wildman–Crippen LogP) is 6.81. The van der Waals surface area contributed by atoms with E-state index in [0.717, 1.165) is 42.9 Å². The second-order valence-corrected chi connectivity index (χ2v) is 9.27. The third-order valence-corrected chi connectivity index (χ3v) is 6.11. The number of ether oxygens (including phenoxy) is 5. The minimum atomic E-state index is -0.499. The van der Waals surface area contributed by atoms with E-state index in [9.17, 15) is 14.4 Å². The van der Waals surface area contributed by atoms with Crippen LogP contribution < -0.4 is 18.9 Å². The first-order valence-corrected chi connectivity index (χ1v) is 13.6. The lowest BCUT2D eigenvalue weighted by Crippen LogP contribution is -2.11. The Morgan fingerprint density at radius 1 is 0.659 bits per heavy atom. The highest BCUT2D eigenvalue weighted by atomic mass is 16.5. The summed E-state index contributed by atoms with van der Waals surface area (Å²) >= 11 is 0. The lowest BCUT2D eigenvalue weighted by atomic mass is 10.1. The molecule has 0 amide bonds. The quantitative estimate of drug-likeness (QED) is 0.0866. The molecule has 0 atom stereocenters. The Morgan fingerprint density at radius 2 is 1.12 bits per heavy atom. The molecule has 0 radical (unpaired) electrons. The summed E-state index contributed by atoms with van der Waals surface area (Å²) in [6, 6.07) is 16.7. The summed E-state index contributed by atoms with van der Waals surface area (Å²) in [5.41, 5.74) is 2.34. The summed E-state index contributed by atoms with van der Waals surface area (Å²) in [5.74, 6) is 0.638. The highest BCUT2D eigenvalue weighted by Gasteiger charge is 2.15. The molecule has 0 aliphatic carbocycles. The van der Waals surface area contributed by atoms with E-state index >= 15 is 0 Å². The summed E-state index contributed by atoms with van der Waals surface area (Å²) < 4.78 is 27.2. The number of hydrogen-bond acceptors (Lipinski definition) is 8. The van der Waals surface area contributed by atoms with Crippen LogP contribution in [0.15, 0.2) is 73.3 Å². The second-order valence-electron chi connectivity index (χ2n) is 9.27. The Balaban J connectivity index is 1.45. The van der Waals surface area contributed by atoms with Crippen molar-refractivity contribution in [1.82, 2.24) is 0 Å². The maximum absolute atomic E-state index is 12.8. The molecular formula is C33H36O8. The summed E-state index contributed by atoms with van der Waals surface area (Å²) in [6.45, 7) is 10.4. The molecule has 0 spiro atoms. The Bertz CT molecular complexity index is 1340. The van der Waals surface area contributed by atoms with Gasteiger partial charge in [0.05, 0.1) is 30.9 Å². The largest absolute Gasteiger partial charge is 0.494 e. The monoisotopic (exact) mass is 560 g/mol. The fourth-order valence-corrected chi connectivity index (χ4v) is 3.96. The first-order chi connectivity index (χ1) is 19.8. The molecule has 0 N–H and O–H groups in total. The standard InChI is InChI=1S/C33H36O8/c1-5-31(34)39-20-10-8-7-9-19-38-28-16-18-30(24(4)22-28)33(36)41-26-13-11-25(12-14-26)40-32(35)29-17-15-27(37-6-2)21-23(29)3/h5,11-18,21-22H,1,6-10,19-20H2,2-4H3. The summed E-state index contributed by atoms with van der Waals surface area (Å²) in [4.78, 5) is 36.4. The van der Waals surface area contributed by atoms with Crippen LogP contribution in [0.5, 0.6) is 23.0 Å². The average molecular weight is 561 g/mol. The van der Waals surface area contributed by atoms with Crippen LogP contribution in [0.4, 0.5) is 0 Å². The van der Waals surface area contributed by atoms with Crippen LogP contribution in [0, 0.1) is 13.8 Å². The molecule has 3 aromatic rings.